The fraction of sp³-hybridized carbons (Fsp3) is 0.538. The maximum Gasteiger partial charge on any atom is 0.0479 e. The van der Waals surface area contributed by atoms with E-state index in [9.17, 15) is 5.11 Å². The second kappa shape index (κ2) is 5.29. The van der Waals surface area contributed by atoms with Gasteiger partial charge < -0.3 is 10.8 Å². The third-order valence-corrected chi connectivity index (χ3v) is 2.99. The van der Waals surface area contributed by atoms with Gasteiger partial charge in [0.2, 0.25) is 0 Å². The Labute approximate surface area is 92.1 Å². The molecule has 2 atom stereocenters. The number of hydrogen-bond acceptors (Lipinski definition) is 2. The van der Waals surface area contributed by atoms with Crippen molar-refractivity contribution < 1.29 is 5.11 Å². The van der Waals surface area contributed by atoms with Crippen LogP contribution in [0, 0.1) is 18.8 Å². The van der Waals surface area contributed by atoms with E-state index in [2.05, 4.69) is 32.9 Å². The molecular weight excluding hydrogens is 186 g/mol. The molecule has 0 aliphatic rings. The number of hydrogen-bond donors (Lipinski definition) is 2. The summed E-state index contributed by atoms with van der Waals surface area (Å²) in [5, 5.41) is 9.30. The summed E-state index contributed by atoms with van der Waals surface area (Å²) >= 11 is 0. The van der Waals surface area contributed by atoms with Crippen molar-refractivity contribution >= 4 is 0 Å². The zero-order chi connectivity index (χ0) is 11.4. The predicted molar refractivity (Wildman–Crippen MR) is 63.5 cm³/mol. The highest BCUT2D eigenvalue weighted by Crippen LogP contribution is 2.25. The zero-order valence-corrected chi connectivity index (χ0v) is 9.77. The molecule has 0 spiro atoms. The largest absolute Gasteiger partial charge is 0.396 e. The number of nitrogens with two attached hydrogens (primary N) is 1. The average Bonchev–Trinajstić information content (AvgIpc) is 2.19. The van der Waals surface area contributed by atoms with Gasteiger partial charge in [-0.2, -0.15) is 0 Å². The van der Waals surface area contributed by atoms with Crippen LogP contribution in [0.2, 0.25) is 0 Å². The molecule has 0 aliphatic carbocycles. The van der Waals surface area contributed by atoms with Gasteiger partial charge in [0.1, 0.15) is 0 Å². The van der Waals surface area contributed by atoms with Crippen molar-refractivity contribution in [1.82, 2.24) is 0 Å². The minimum atomic E-state index is -0.0735. The minimum Gasteiger partial charge on any atom is -0.396 e. The zero-order valence-electron chi connectivity index (χ0n) is 9.77. The van der Waals surface area contributed by atoms with E-state index < -0.39 is 0 Å². The molecule has 15 heavy (non-hydrogen) atoms. The second-order valence-corrected chi connectivity index (χ2v) is 4.53. The quantitative estimate of drug-likeness (QED) is 0.795. The third kappa shape index (κ3) is 3.05. The summed E-state index contributed by atoms with van der Waals surface area (Å²) in [6.07, 6.45) is 0. The summed E-state index contributed by atoms with van der Waals surface area (Å²) in [6, 6.07) is 8.14. The average molecular weight is 207 g/mol. The Kier molecular flexibility index (Phi) is 4.30. The Balaban J connectivity index is 2.82. The Hall–Kier alpha value is -0.860. The first-order valence-corrected chi connectivity index (χ1v) is 5.49. The number of aryl methyl sites for hydroxylation is 1. The Morgan fingerprint density at radius 1 is 1.20 bits per heavy atom. The van der Waals surface area contributed by atoms with Gasteiger partial charge in [0.05, 0.1) is 0 Å². The van der Waals surface area contributed by atoms with Gasteiger partial charge in [-0.05, 0) is 18.4 Å². The molecule has 1 aromatic carbocycles. The van der Waals surface area contributed by atoms with Crippen molar-refractivity contribution in [2.45, 2.75) is 26.8 Å². The summed E-state index contributed by atoms with van der Waals surface area (Å²) in [6.45, 7) is 6.39. The summed E-state index contributed by atoms with van der Waals surface area (Å²) in [4.78, 5) is 0. The lowest BCUT2D eigenvalue weighted by Gasteiger charge is -2.25. The van der Waals surface area contributed by atoms with Gasteiger partial charge in [-0.15, -0.1) is 0 Å². The second-order valence-electron chi connectivity index (χ2n) is 4.53. The van der Waals surface area contributed by atoms with Gasteiger partial charge in [0.15, 0.2) is 0 Å². The van der Waals surface area contributed by atoms with Crippen molar-refractivity contribution in [1.29, 1.82) is 0 Å². The normalized spacial score (nSPS) is 15.3. The minimum absolute atomic E-state index is 0.0735. The van der Waals surface area contributed by atoms with Crippen LogP contribution in [0.25, 0.3) is 0 Å². The first-order chi connectivity index (χ1) is 7.06. The molecule has 2 nitrogen and oxygen atoms in total. The molecule has 0 heterocycles. The molecule has 0 fully saturated rings. The number of aliphatic hydroxyl groups excluding tert-OH is 1. The summed E-state index contributed by atoms with van der Waals surface area (Å²) in [7, 11) is 0. The van der Waals surface area contributed by atoms with Gasteiger partial charge in [-0.1, -0.05) is 43.7 Å². The van der Waals surface area contributed by atoms with Crippen molar-refractivity contribution in [3.63, 3.8) is 0 Å². The summed E-state index contributed by atoms with van der Waals surface area (Å²) < 4.78 is 0. The molecule has 0 bridgehead atoms. The monoisotopic (exact) mass is 207 g/mol. The van der Waals surface area contributed by atoms with Gasteiger partial charge in [0.25, 0.3) is 0 Å². The SMILES string of the molecule is Cc1ccc(C(N)C(CO)C(C)C)cc1. The van der Waals surface area contributed by atoms with Crippen LogP contribution in [0.1, 0.15) is 31.0 Å². The van der Waals surface area contributed by atoms with E-state index in [1.165, 1.54) is 5.56 Å². The number of aliphatic hydroxyl groups is 1. The van der Waals surface area contributed by atoms with Crippen LogP contribution < -0.4 is 5.73 Å². The predicted octanol–water partition coefficient (Wildman–Crippen LogP) is 2.26. The molecule has 2 heteroatoms. The summed E-state index contributed by atoms with van der Waals surface area (Å²) in [5.74, 6) is 0.527. The van der Waals surface area contributed by atoms with Crippen LogP contribution in [0.5, 0.6) is 0 Å². The van der Waals surface area contributed by atoms with E-state index in [4.69, 9.17) is 5.73 Å². The van der Waals surface area contributed by atoms with E-state index in [0.29, 0.717) is 5.92 Å². The lowest BCUT2D eigenvalue weighted by molar-refractivity contribution is 0.166. The molecule has 0 aromatic heterocycles. The van der Waals surface area contributed by atoms with Crippen molar-refractivity contribution in [2.24, 2.45) is 17.6 Å². The Morgan fingerprint density at radius 3 is 2.13 bits per heavy atom. The molecule has 0 saturated carbocycles. The lowest BCUT2D eigenvalue weighted by atomic mass is 9.85. The molecule has 0 amide bonds. The van der Waals surface area contributed by atoms with Gasteiger partial charge in [0, 0.05) is 18.6 Å². The number of benzene rings is 1. The molecule has 3 N–H and O–H groups in total. The topological polar surface area (TPSA) is 46.2 Å². The first-order valence-electron chi connectivity index (χ1n) is 5.49. The standard InChI is InChI=1S/C13H21NO/c1-9(2)12(8-15)13(14)11-6-4-10(3)5-7-11/h4-7,9,12-13,15H,8,14H2,1-3H3. The van der Waals surface area contributed by atoms with E-state index in [1.807, 2.05) is 12.1 Å². The van der Waals surface area contributed by atoms with Gasteiger partial charge >= 0.3 is 0 Å². The smallest absolute Gasteiger partial charge is 0.0479 e. The van der Waals surface area contributed by atoms with Gasteiger partial charge in [-0.3, -0.25) is 0 Å². The van der Waals surface area contributed by atoms with Crippen LogP contribution >= 0.6 is 0 Å². The van der Waals surface area contributed by atoms with E-state index in [1.54, 1.807) is 0 Å². The molecule has 1 aromatic rings. The van der Waals surface area contributed by atoms with Crippen LogP contribution in [0.3, 0.4) is 0 Å². The van der Waals surface area contributed by atoms with Crippen LogP contribution in [0.15, 0.2) is 24.3 Å². The highest BCUT2D eigenvalue weighted by Gasteiger charge is 2.21. The van der Waals surface area contributed by atoms with Gasteiger partial charge in [-0.25, -0.2) is 0 Å². The number of rotatable bonds is 4. The third-order valence-electron chi connectivity index (χ3n) is 2.99. The van der Waals surface area contributed by atoms with E-state index in [0.717, 1.165) is 5.56 Å². The maximum absolute atomic E-state index is 9.30. The Morgan fingerprint density at radius 2 is 1.73 bits per heavy atom. The molecule has 0 radical (unpaired) electrons. The lowest BCUT2D eigenvalue weighted by Crippen LogP contribution is -2.28. The molecule has 1 rings (SSSR count). The first kappa shape index (κ1) is 12.2. The molecule has 0 aliphatic heterocycles. The fourth-order valence-electron chi connectivity index (χ4n) is 1.77. The van der Waals surface area contributed by atoms with E-state index >= 15 is 0 Å². The maximum atomic E-state index is 9.30. The molecule has 2 unspecified atom stereocenters. The summed E-state index contributed by atoms with van der Waals surface area (Å²) in [5.41, 5.74) is 8.48. The van der Waals surface area contributed by atoms with Crippen LogP contribution in [-0.4, -0.2) is 11.7 Å². The highest BCUT2D eigenvalue weighted by atomic mass is 16.3. The Bertz CT molecular complexity index is 292. The van der Waals surface area contributed by atoms with Crippen molar-refractivity contribution in [2.75, 3.05) is 6.61 Å². The fourth-order valence-corrected chi connectivity index (χ4v) is 1.77. The molecule has 0 saturated heterocycles. The van der Waals surface area contributed by atoms with Crippen LogP contribution in [0.4, 0.5) is 0 Å². The molecule has 84 valence electrons. The van der Waals surface area contributed by atoms with Crippen molar-refractivity contribution in [3.8, 4) is 0 Å². The van der Waals surface area contributed by atoms with Crippen molar-refractivity contribution in [3.05, 3.63) is 35.4 Å². The molecular formula is C13H21NO. The highest BCUT2D eigenvalue weighted by molar-refractivity contribution is 5.24. The van der Waals surface area contributed by atoms with E-state index in [-0.39, 0.29) is 18.6 Å². The van der Waals surface area contributed by atoms with Crippen LogP contribution in [-0.2, 0) is 0 Å².